The summed E-state index contributed by atoms with van der Waals surface area (Å²) in [5.74, 6) is 0.884. The Kier molecular flexibility index (Phi) is 57.3. The summed E-state index contributed by atoms with van der Waals surface area (Å²) in [6, 6.07) is 0. The average molecular weight is 205 g/mol. The van der Waals surface area contributed by atoms with Crippen molar-refractivity contribution < 1.29 is 32.7 Å². The molecule has 0 N–H and O–H groups in total. The maximum atomic E-state index is 3.25. The van der Waals surface area contributed by atoms with E-state index in [4.69, 9.17) is 0 Å². The molecule has 0 aliphatic rings. The molecule has 0 fully saturated rings. The maximum absolute atomic E-state index is 3.25. The maximum Gasteiger partial charge on any atom is 0 e. The number of hydrogen-bond acceptors (Lipinski definition) is 0. The normalized spacial score (nSPS) is 6.00. The van der Waals surface area contributed by atoms with Crippen molar-refractivity contribution in [2.75, 3.05) is 0 Å². The van der Waals surface area contributed by atoms with E-state index < -0.39 is 0 Å². The third kappa shape index (κ3) is 47.7. The van der Waals surface area contributed by atoms with E-state index in [0.29, 0.717) is 0 Å². The summed E-state index contributed by atoms with van der Waals surface area (Å²) in [6.07, 6.45) is 1.31. The van der Waals surface area contributed by atoms with Gasteiger partial charge in [0.2, 0.25) is 0 Å². The Labute approximate surface area is 86.7 Å². The summed E-state index contributed by atoms with van der Waals surface area (Å²) in [4.78, 5) is 0. The number of rotatable bonds is 1. The first-order valence-corrected chi connectivity index (χ1v) is 2.98. The van der Waals surface area contributed by atoms with Crippen LogP contribution in [0.1, 0.15) is 34.1 Å². The van der Waals surface area contributed by atoms with Gasteiger partial charge in [0.05, 0.1) is 0 Å². The third-order valence-electron chi connectivity index (χ3n) is 0.816. The molecule has 0 aromatic heterocycles. The predicted molar refractivity (Wildman–Crippen MR) is 42.6 cm³/mol. The molecule has 0 rings (SSSR count). The van der Waals surface area contributed by atoms with E-state index in [1.54, 1.807) is 6.92 Å². The van der Waals surface area contributed by atoms with Gasteiger partial charge in [0.1, 0.15) is 0 Å². The second-order valence-electron chi connectivity index (χ2n) is 1.80. The molecular formula is C8H20Y-2. The minimum Gasteiger partial charge on any atom is -0.358 e. The largest absolute Gasteiger partial charge is 0.358 e. The third-order valence-corrected chi connectivity index (χ3v) is 0.816. The van der Waals surface area contributed by atoms with Gasteiger partial charge < -0.3 is 14.4 Å². The van der Waals surface area contributed by atoms with Crippen LogP contribution in [-0.2, 0) is 32.7 Å². The number of hydrogen-bond donors (Lipinski definition) is 0. The van der Waals surface area contributed by atoms with E-state index in [0.717, 1.165) is 5.92 Å². The van der Waals surface area contributed by atoms with Gasteiger partial charge in [-0.3, -0.25) is 0 Å². The summed E-state index contributed by atoms with van der Waals surface area (Å²) in [7, 11) is 0. The summed E-state index contributed by atoms with van der Waals surface area (Å²) in [5.41, 5.74) is 0. The minimum atomic E-state index is 0. The zero-order valence-electron chi connectivity index (χ0n) is 7.57. The molecule has 0 unspecified atom stereocenters. The Morgan fingerprint density at radius 3 is 1.33 bits per heavy atom. The van der Waals surface area contributed by atoms with Crippen molar-refractivity contribution in [3.05, 3.63) is 14.4 Å². The van der Waals surface area contributed by atoms with Crippen LogP contribution in [0.2, 0.25) is 0 Å². The Morgan fingerprint density at radius 2 is 1.33 bits per heavy atom. The molecule has 1 radical (unpaired) electrons. The van der Waals surface area contributed by atoms with Gasteiger partial charge in [-0.2, -0.15) is 6.92 Å². The van der Waals surface area contributed by atoms with Crippen molar-refractivity contribution in [1.29, 1.82) is 0 Å². The molecule has 1 heteroatoms. The Hall–Kier alpha value is 1.10. The molecule has 0 aliphatic heterocycles. The van der Waals surface area contributed by atoms with Crippen LogP contribution >= 0.6 is 0 Å². The first-order valence-electron chi connectivity index (χ1n) is 2.98. The second-order valence-corrected chi connectivity index (χ2v) is 1.80. The van der Waals surface area contributed by atoms with Crippen LogP contribution in [0.4, 0.5) is 0 Å². The Bertz CT molecular complexity index is 18.5. The van der Waals surface area contributed by atoms with Crippen molar-refractivity contribution >= 4 is 0 Å². The van der Waals surface area contributed by atoms with Gasteiger partial charge in [0.15, 0.2) is 0 Å². The van der Waals surface area contributed by atoms with Gasteiger partial charge >= 0.3 is 0 Å². The topological polar surface area (TPSA) is 0 Å². The van der Waals surface area contributed by atoms with Crippen LogP contribution in [0.5, 0.6) is 0 Å². The van der Waals surface area contributed by atoms with Gasteiger partial charge in [-0.05, 0) is 5.92 Å². The van der Waals surface area contributed by atoms with Crippen molar-refractivity contribution in [1.82, 2.24) is 0 Å². The smallest absolute Gasteiger partial charge is 0 e. The van der Waals surface area contributed by atoms with Crippen LogP contribution in [0.15, 0.2) is 0 Å². The first kappa shape index (κ1) is 22.5. The van der Waals surface area contributed by atoms with E-state index in [9.17, 15) is 0 Å². The molecule has 0 nitrogen and oxygen atoms in total. The fourth-order valence-corrected chi connectivity index (χ4v) is 0. The summed E-state index contributed by atoms with van der Waals surface area (Å²) < 4.78 is 0. The molecule has 57 valence electrons. The van der Waals surface area contributed by atoms with Crippen molar-refractivity contribution in [3.8, 4) is 0 Å². The summed E-state index contributed by atoms with van der Waals surface area (Å²) >= 11 is 0. The average Bonchev–Trinajstić information content (AvgIpc) is 1.73. The van der Waals surface area contributed by atoms with E-state index in [1.807, 2.05) is 0 Å². The fraction of sp³-hybridized carbons (Fsp3) is 0.750. The molecule has 0 saturated heterocycles. The molecule has 0 amide bonds. The molecule has 0 spiro atoms. The zero-order valence-corrected chi connectivity index (χ0v) is 10.4. The standard InChI is InChI=1S/C5H12.C2H5.CH3.Y/c1-4-5(2)3;1-2;;/h5H,4H2,1-3H3;1H2,2H3;1H3;/q;2*-1;. The molecule has 0 saturated carbocycles. The van der Waals surface area contributed by atoms with E-state index >= 15 is 0 Å². The van der Waals surface area contributed by atoms with Crippen LogP contribution in [-0.4, -0.2) is 0 Å². The second kappa shape index (κ2) is 23.0. The van der Waals surface area contributed by atoms with Gasteiger partial charge in [0, 0.05) is 32.7 Å². The fourth-order valence-electron chi connectivity index (χ4n) is 0. The van der Waals surface area contributed by atoms with E-state index in [-0.39, 0.29) is 40.1 Å². The van der Waals surface area contributed by atoms with Crippen LogP contribution in [0.25, 0.3) is 0 Å². The SMILES string of the molecule is CCC(C)C.[CH2-]C.[CH3-].[Y]. The molecule has 0 bridgehead atoms. The molecular weight excluding hydrogens is 185 g/mol. The van der Waals surface area contributed by atoms with Crippen LogP contribution < -0.4 is 0 Å². The van der Waals surface area contributed by atoms with Gasteiger partial charge in [-0.25, -0.2) is 0 Å². The quantitative estimate of drug-likeness (QED) is 0.576. The molecule has 0 atom stereocenters. The van der Waals surface area contributed by atoms with Crippen molar-refractivity contribution in [2.45, 2.75) is 34.1 Å². The van der Waals surface area contributed by atoms with Gasteiger partial charge in [-0.15, -0.1) is 0 Å². The van der Waals surface area contributed by atoms with Crippen LogP contribution in [0, 0.1) is 20.3 Å². The predicted octanol–water partition coefficient (Wildman–Crippen LogP) is 3.34. The molecule has 0 aromatic carbocycles. The Morgan fingerprint density at radius 1 is 1.22 bits per heavy atom. The zero-order chi connectivity index (χ0) is 6.28. The monoisotopic (exact) mass is 205 g/mol. The summed E-state index contributed by atoms with van der Waals surface area (Å²) in [6.45, 7) is 11.6. The minimum absolute atomic E-state index is 0. The van der Waals surface area contributed by atoms with Crippen LogP contribution in [0.3, 0.4) is 0 Å². The molecule has 9 heavy (non-hydrogen) atoms. The molecule has 0 aliphatic carbocycles. The first-order chi connectivity index (χ1) is 3.27. The van der Waals surface area contributed by atoms with E-state index in [1.165, 1.54) is 6.42 Å². The summed E-state index contributed by atoms with van der Waals surface area (Å²) in [5, 5.41) is 0. The molecule has 0 aromatic rings. The van der Waals surface area contributed by atoms with Crippen molar-refractivity contribution in [3.63, 3.8) is 0 Å². The Balaban J connectivity index is -0.0000000286. The molecule has 0 heterocycles. The van der Waals surface area contributed by atoms with Gasteiger partial charge in [-0.1, -0.05) is 27.2 Å². The van der Waals surface area contributed by atoms with Gasteiger partial charge in [0.25, 0.3) is 0 Å². The van der Waals surface area contributed by atoms with Crippen molar-refractivity contribution in [2.24, 2.45) is 5.92 Å². The van der Waals surface area contributed by atoms with E-state index in [2.05, 4.69) is 27.7 Å².